The number of carbonyl (C=O) groups is 1. The van der Waals surface area contributed by atoms with E-state index in [2.05, 4.69) is 23.4 Å². The molecule has 0 saturated carbocycles. The SMILES string of the molecule is CSc1nsc(SCC(=O)Nc2cccc3nsnc23)n1. The Hall–Kier alpha value is -1.23. The predicted molar refractivity (Wildman–Crippen MR) is 88.5 cm³/mol. The van der Waals surface area contributed by atoms with Gasteiger partial charge in [-0.3, -0.25) is 4.79 Å². The van der Waals surface area contributed by atoms with E-state index in [1.54, 1.807) is 0 Å². The van der Waals surface area contributed by atoms with E-state index >= 15 is 0 Å². The Morgan fingerprint density at radius 2 is 2.24 bits per heavy atom. The number of nitrogens with zero attached hydrogens (tertiary/aromatic N) is 4. The van der Waals surface area contributed by atoms with Crippen LogP contribution in [0.4, 0.5) is 5.69 Å². The van der Waals surface area contributed by atoms with Crippen molar-refractivity contribution in [3.8, 4) is 0 Å². The number of amides is 1. The minimum absolute atomic E-state index is 0.0959. The van der Waals surface area contributed by atoms with Crippen LogP contribution in [-0.2, 0) is 4.79 Å². The number of thioether (sulfide) groups is 2. The summed E-state index contributed by atoms with van der Waals surface area (Å²) in [5.41, 5.74) is 2.20. The second kappa shape index (κ2) is 6.69. The molecule has 2 aromatic heterocycles. The third kappa shape index (κ3) is 3.51. The van der Waals surface area contributed by atoms with E-state index in [4.69, 9.17) is 0 Å². The first kappa shape index (κ1) is 14.7. The lowest BCUT2D eigenvalue weighted by Gasteiger charge is -2.04. The zero-order valence-corrected chi connectivity index (χ0v) is 14.0. The van der Waals surface area contributed by atoms with Crippen molar-refractivity contribution in [1.82, 2.24) is 18.1 Å². The molecule has 3 rings (SSSR count). The molecule has 0 bridgehead atoms. The molecule has 1 amide bonds. The highest BCUT2D eigenvalue weighted by Crippen LogP contribution is 2.25. The average molecular weight is 355 g/mol. The number of hydrogen-bond donors (Lipinski definition) is 1. The lowest BCUT2D eigenvalue weighted by atomic mass is 10.2. The molecule has 3 aromatic rings. The van der Waals surface area contributed by atoms with E-state index in [0.29, 0.717) is 5.69 Å². The molecule has 0 atom stereocenters. The molecule has 6 nitrogen and oxygen atoms in total. The van der Waals surface area contributed by atoms with Crippen LogP contribution in [0, 0.1) is 0 Å². The summed E-state index contributed by atoms with van der Waals surface area (Å²) in [4.78, 5) is 16.3. The molecule has 0 aliphatic rings. The van der Waals surface area contributed by atoms with Crippen molar-refractivity contribution >= 4 is 69.4 Å². The zero-order chi connectivity index (χ0) is 14.7. The predicted octanol–water partition coefficient (Wildman–Crippen LogP) is 3.00. The second-order valence-electron chi connectivity index (χ2n) is 3.82. The molecule has 0 aliphatic carbocycles. The van der Waals surface area contributed by atoms with Gasteiger partial charge in [0.25, 0.3) is 0 Å². The molecule has 0 radical (unpaired) electrons. The summed E-state index contributed by atoms with van der Waals surface area (Å²) in [6.07, 6.45) is 1.92. The monoisotopic (exact) mass is 355 g/mol. The van der Waals surface area contributed by atoms with Crippen LogP contribution in [-0.4, -0.2) is 36.0 Å². The number of nitrogens with one attached hydrogen (secondary N) is 1. The third-order valence-corrected chi connectivity index (χ3v) is 5.50. The third-order valence-electron chi connectivity index (χ3n) is 2.46. The molecule has 2 heterocycles. The summed E-state index contributed by atoms with van der Waals surface area (Å²) < 4.78 is 13.3. The van der Waals surface area contributed by atoms with Crippen molar-refractivity contribution in [1.29, 1.82) is 0 Å². The number of carbonyl (C=O) groups excluding carboxylic acids is 1. The van der Waals surface area contributed by atoms with E-state index in [-0.39, 0.29) is 11.7 Å². The number of benzene rings is 1. The van der Waals surface area contributed by atoms with Crippen LogP contribution < -0.4 is 5.32 Å². The molecule has 1 N–H and O–H groups in total. The Morgan fingerprint density at radius 3 is 3.05 bits per heavy atom. The van der Waals surface area contributed by atoms with E-state index in [9.17, 15) is 4.79 Å². The smallest absolute Gasteiger partial charge is 0.234 e. The summed E-state index contributed by atoms with van der Waals surface area (Å²) in [6.45, 7) is 0. The van der Waals surface area contributed by atoms with E-state index in [1.165, 1.54) is 35.1 Å². The van der Waals surface area contributed by atoms with Gasteiger partial charge in [0.05, 0.1) is 23.2 Å². The number of hydrogen-bond acceptors (Lipinski definition) is 9. The van der Waals surface area contributed by atoms with Crippen molar-refractivity contribution in [3.63, 3.8) is 0 Å². The van der Waals surface area contributed by atoms with E-state index in [1.807, 2.05) is 24.5 Å². The van der Waals surface area contributed by atoms with Gasteiger partial charge in [-0.1, -0.05) is 29.6 Å². The van der Waals surface area contributed by atoms with Crippen molar-refractivity contribution in [3.05, 3.63) is 18.2 Å². The van der Waals surface area contributed by atoms with Crippen LogP contribution in [0.5, 0.6) is 0 Å². The molecular weight excluding hydrogens is 346 g/mol. The Bertz CT molecular complexity index is 771. The maximum atomic E-state index is 12.0. The fraction of sp³-hybridized carbons (Fsp3) is 0.182. The van der Waals surface area contributed by atoms with Gasteiger partial charge >= 0.3 is 0 Å². The number of anilines is 1. The minimum atomic E-state index is -0.0959. The molecule has 0 saturated heterocycles. The number of rotatable bonds is 5. The van der Waals surface area contributed by atoms with Crippen molar-refractivity contribution in [2.75, 3.05) is 17.3 Å². The quantitative estimate of drug-likeness (QED) is 0.705. The van der Waals surface area contributed by atoms with Gasteiger partial charge in [0, 0.05) is 0 Å². The Kier molecular flexibility index (Phi) is 4.68. The molecular formula is C11H9N5OS4. The Morgan fingerprint density at radius 1 is 1.33 bits per heavy atom. The van der Waals surface area contributed by atoms with Gasteiger partial charge in [-0.15, -0.1) is 0 Å². The van der Waals surface area contributed by atoms with Crippen LogP contribution in [0.3, 0.4) is 0 Å². The molecule has 1 aromatic carbocycles. The maximum absolute atomic E-state index is 12.0. The minimum Gasteiger partial charge on any atom is -0.323 e. The largest absolute Gasteiger partial charge is 0.323 e. The number of aromatic nitrogens is 4. The highest BCUT2D eigenvalue weighted by molar-refractivity contribution is 8.01. The van der Waals surface area contributed by atoms with Crippen LogP contribution in [0.1, 0.15) is 0 Å². The topological polar surface area (TPSA) is 80.7 Å². The van der Waals surface area contributed by atoms with Crippen LogP contribution in [0.2, 0.25) is 0 Å². The second-order valence-corrected chi connectivity index (χ2v) is 7.10. The molecule has 0 fully saturated rings. The zero-order valence-electron chi connectivity index (χ0n) is 10.8. The van der Waals surface area contributed by atoms with Gasteiger partial charge in [0.15, 0.2) is 4.34 Å². The fourth-order valence-corrected chi connectivity index (χ4v) is 4.12. The Balaban J connectivity index is 1.62. The highest BCUT2D eigenvalue weighted by Gasteiger charge is 2.10. The van der Waals surface area contributed by atoms with Crippen LogP contribution in [0.15, 0.2) is 27.7 Å². The van der Waals surface area contributed by atoms with Crippen LogP contribution >= 0.6 is 46.8 Å². The van der Waals surface area contributed by atoms with E-state index < -0.39 is 0 Å². The maximum Gasteiger partial charge on any atom is 0.234 e. The summed E-state index contributed by atoms with van der Waals surface area (Å²) in [6, 6.07) is 5.54. The van der Waals surface area contributed by atoms with Gasteiger partial charge < -0.3 is 5.32 Å². The first-order valence-corrected chi connectivity index (χ1v) is 9.49. The molecule has 21 heavy (non-hydrogen) atoms. The first-order valence-electron chi connectivity index (χ1n) is 5.78. The summed E-state index contributed by atoms with van der Waals surface area (Å²) in [5, 5.41) is 3.59. The van der Waals surface area contributed by atoms with Crippen molar-refractivity contribution in [2.24, 2.45) is 0 Å². The van der Waals surface area contributed by atoms with Gasteiger partial charge in [-0.05, 0) is 29.9 Å². The molecule has 108 valence electrons. The lowest BCUT2D eigenvalue weighted by Crippen LogP contribution is -2.14. The summed E-state index contributed by atoms with van der Waals surface area (Å²) in [7, 11) is 0. The highest BCUT2D eigenvalue weighted by atomic mass is 32.2. The summed E-state index contributed by atoms with van der Waals surface area (Å²) in [5.74, 6) is 0.193. The summed E-state index contributed by atoms with van der Waals surface area (Å²) >= 11 is 5.31. The van der Waals surface area contributed by atoms with Crippen LogP contribution in [0.25, 0.3) is 11.0 Å². The number of fused-ring (bicyclic) bond motifs is 1. The van der Waals surface area contributed by atoms with Gasteiger partial charge in [-0.2, -0.15) is 13.1 Å². The van der Waals surface area contributed by atoms with E-state index in [0.717, 1.165) is 32.3 Å². The Labute approximate surface area is 137 Å². The average Bonchev–Trinajstić information content (AvgIpc) is 3.14. The normalized spacial score (nSPS) is 10.9. The fourth-order valence-electron chi connectivity index (χ4n) is 1.56. The molecule has 10 heteroatoms. The lowest BCUT2D eigenvalue weighted by molar-refractivity contribution is -0.113. The molecule has 0 aliphatic heterocycles. The van der Waals surface area contributed by atoms with Gasteiger partial charge in [0.1, 0.15) is 11.0 Å². The van der Waals surface area contributed by atoms with Gasteiger partial charge in [0.2, 0.25) is 11.1 Å². The molecule has 0 unspecified atom stereocenters. The standard InChI is InChI=1S/C11H9N5OS4/c1-18-10-13-11(20-16-10)19-5-8(17)12-6-3-2-4-7-9(6)15-21-14-7/h2-4H,5H2,1H3,(H,12,17). The van der Waals surface area contributed by atoms with Crippen molar-refractivity contribution in [2.45, 2.75) is 9.50 Å². The van der Waals surface area contributed by atoms with Gasteiger partial charge in [-0.25, -0.2) is 4.98 Å². The first-order chi connectivity index (χ1) is 10.3. The molecule has 0 spiro atoms. The van der Waals surface area contributed by atoms with Crippen molar-refractivity contribution < 1.29 is 4.79 Å².